The third-order valence-electron chi connectivity index (χ3n) is 9.85. The van der Waals surface area contributed by atoms with Crippen LogP contribution in [-0.2, 0) is 9.47 Å². The van der Waals surface area contributed by atoms with E-state index in [0.29, 0.717) is 12.8 Å². The molecule has 0 spiro atoms. The van der Waals surface area contributed by atoms with Crippen molar-refractivity contribution in [3.05, 3.63) is 0 Å². The fourth-order valence-electron chi connectivity index (χ4n) is 6.46. The molecule has 7 unspecified atom stereocenters. The number of hydrogen-bond acceptors (Lipinski definition) is 8. The Morgan fingerprint density at radius 1 is 0.660 bits per heavy atom. The van der Waals surface area contributed by atoms with Crippen molar-refractivity contribution in [3.63, 3.8) is 0 Å². The normalized spacial score (nSPS) is 21.8. The SMILES string of the molecule is CCCCCCCCCCCCCCCCCCCCCCCCOC(=O)NC(COC1CCC(O)C(O)C1O)C(O)CC(O)CC. The van der Waals surface area contributed by atoms with Crippen molar-refractivity contribution in [2.75, 3.05) is 13.2 Å². The van der Waals surface area contributed by atoms with Crippen LogP contribution in [0.25, 0.3) is 0 Å². The zero-order valence-electron chi connectivity index (χ0n) is 30.3. The van der Waals surface area contributed by atoms with Gasteiger partial charge in [0.15, 0.2) is 0 Å². The quantitative estimate of drug-likeness (QED) is 0.0415. The van der Waals surface area contributed by atoms with Crippen LogP contribution in [0.2, 0.25) is 0 Å². The van der Waals surface area contributed by atoms with Gasteiger partial charge in [-0.3, -0.25) is 0 Å². The number of ether oxygens (including phenoxy) is 2. The lowest BCUT2D eigenvalue weighted by molar-refractivity contribution is -0.157. The predicted molar refractivity (Wildman–Crippen MR) is 189 cm³/mol. The van der Waals surface area contributed by atoms with Crippen LogP contribution in [0.5, 0.6) is 0 Å². The second-order valence-electron chi connectivity index (χ2n) is 14.2. The smallest absolute Gasteiger partial charge is 0.407 e. The van der Waals surface area contributed by atoms with Gasteiger partial charge in [0.2, 0.25) is 0 Å². The molecular formula is C38H75NO8. The van der Waals surface area contributed by atoms with Gasteiger partial charge in [-0.1, -0.05) is 149 Å². The minimum atomic E-state index is -1.31. The van der Waals surface area contributed by atoms with E-state index in [9.17, 15) is 30.3 Å². The second kappa shape index (κ2) is 29.9. The summed E-state index contributed by atoms with van der Waals surface area (Å²) in [7, 11) is 0. The molecule has 0 bridgehead atoms. The van der Waals surface area contributed by atoms with Gasteiger partial charge in [-0.2, -0.15) is 0 Å². The molecule has 280 valence electrons. The topological polar surface area (TPSA) is 149 Å². The molecule has 9 nitrogen and oxygen atoms in total. The number of aliphatic hydroxyl groups excluding tert-OH is 5. The van der Waals surface area contributed by atoms with Crippen molar-refractivity contribution in [1.29, 1.82) is 0 Å². The molecule has 0 aromatic carbocycles. The Balaban J connectivity index is 2.02. The highest BCUT2D eigenvalue weighted by molar-refractivity contribution is 5.67. The molecule has 6 N–H and O–H groups in total. The van der Waals surface area contributed by atoms with Crippen LogP contribution in [0, 0.1) is 0 Å². The minimum Gasteiger partial charge on any atom is -0.450 e. The first-order valence-electron chi connectivity index (χ1n) is 19.7. The van der Waals surface area contributed by atoms with Crippen molar-refractivity contribution in [3.8, 4) is 0 Å². The van der Waals surface area contributed by atoms with E-state index in [1.54, 1.807) is 6.92 Å². The lowest BCUT2D eigenvalue weighted by atomic mass is 9.89. The van der Waals surface area contributed by atoms with Crippen LogP contribution >= 0.6 is 0 Å². The molecule has 0 aromatic rings. The first-order valence-corrected chi connectivity index (χ1v) is 19.7. The highest BCUT2D eigenvalue weighted by atomic mass is 16.5. The van der Waals surface area contributed by atoms with E-state index in [1.165, 1.54) is 122 Å². The van der Waals surface area contributed by atoms with Gasteiger partial charge in [-0.15, -0.1) is 0 Å². The molecule has 47 heavy (non-hydrogen) atoms. The van der Waals surface area contributed by atoms with Crippen molar-refractivity contribution in [1.82, 2.24) is 5.32 Å². The number of carbonyl (C=O) groups excluding carboxylic acids is 1. The van der Waals surface area contributed by atoms with E-state index in [1.807, 2.05) is 0 Å². The summed E-state index contributed by atoms with van der Waals surface area (Å²) < 4.78 is 11.1. The Hall–Kier alpha value is -0.970. The average molecular weight is 674 g/mol. The van der Waals surface area contributed by atoms with E-state index in [4.69, 9.17) is 9.47 Å². The van der Waals surface area contributed by atoms with Gasteiger partial charge in [0, 0.05) is 6.42 Å². The maximum Gasteiger partial charge on any atom is 0.407 e. The minimum absolute atomic E-state index is 0.0544. The van der Waals surface area contributed by atoms with Crippen LogP contribution in [-0.4, -0.2) is 87.5 Å². The van der Waals surface area contributed by atoms with Crippen LogP contribution in [0.3, 0.4) is 0 Å². The summed E-state index contributed by atoms with van der Waals surface area (Å²) in [4.78, 5) is 12.5. The third kappa shape index (κ3) is 23.1. The summed E-state index contributed by atoms with van der Waals surface area (Å²) in [6.45, 7) is 4.24. The number of unbranched alkanes of at least 4 members (excludes halogenated alkanes) is 21. The largest absolute Gasteiger partial charge is 0.450 e. The lowest BCUT2D eigenvalue weighted by Crippen LogP contribution is -2.53. The molecular weight excluding hydrogens is 598 g/mol. The zero-order valence-corrected chi connectivity index (χ0v) is 30.3. The molecule has 0 saturated heterocycles. The number of carbonyl (C=O) groups is 1. The van der Waals surface area contributed by atoms with E-state index in [0.717, 1.165) is 19.3 Å². The van der Waals surface area contributed by atoms with Crippen molar-refractivity contribution in [2.45, 2.75) is 223 Å². The fourth-order valence-corrected chi connectivity index (χ4v) is 6.46. The standard InChI is InChI=1S/C38H75NO8/c1-3-5-6-7-8-9-10-11-12-13-14-15-16-17-18-19-20-21-22-23-24-25-28-46-38(45)39-32(34(42)29-31(40)4-2)30-47-35-27-26-33(41)36(43)37(35)44/h31-37,40-44H,3-30H2,1-2H3,(H,39,45). The Morgan fingerprint density at radius 2 is 1.11 bits per heavy atom. The number of nitrogens with one attached hydrogen (secondary N) is 1. The lowest BCUT2D eigenvalue weighted by Gasteiger charge is -2.36. The van der Waals surface area contributed by atoms with Gasteiger partial charge in [-0.25, -0.2) is 4.79 Å². The molecule has 1 saturated carbocycles. The second-order valence-corrected chi connectivity index (χ2v) is 14.2. The molecule has 1 amide bonds. The highest BCUT2D eigenvalue weighted by Gasteiger charge is 2.38. The first kappa shape index (κ1) is 44.1. The van der Waals surface area contributed by atoms with Crippen LogP contribution in [0.4, 0.5) is 4.79 Å². The Bertz CT molecular complexity index is 713. The van der Waals surface area contributed by atoms with E-state index in [-0.39, 0.29) is 26.1 Å². The van der Waals surface area contributed by atoms with E-state index in [2.05, 4.69) is 12.2 Å². The van der Waals surface area contributed by atoms with Crippen molar-refractivity contribution in [2.24, 2.45) is 0 Å². The van der Waals surface area contributed by atoms with E-state index < -0.39 is 48.8 Å². The van der Waals surface area contributed by atoms with Gasteiger partial charge in [-0.05, 0) is 25.7 Å². The predicted octanol–water partition coefficient (Wildman–Crippen LogP) is 7.47. The summed E-state index contributed by atoms with van der Waals surface area (Å²) in [5.41, 5.74) is 0. The Labute approximate surface area is 287 Å². The Morgan fingerprint density at radius 3 is 1.55 bits per heavy atom. The highest BCUT2D eigenvalue weighted by Crippen LogP contribution is 2.23. The van der Waals surface area contributed by atoms with Gasteiger partial charge in [0.25, 0.3) is 0 Å². The van der Waals surface area contributed by atoms with Crippen LogP contribution in [0.1, 0.15) is 181 Å². The molecule has 1 aliphatic carbocycles. The number of amides is 1. The molecule has 1 rings (SSSR count). The maximum absolute atomic E-state index is 12.5. The number of aliphatic hydroxyl groups is 5. The molecule has 1 fully saturated rings. The van der Waals surface area contributed by atoms with E-state index >= 15 is 0 Å². The fraction of sp³-hybridized carbons (Fsp3) is 0.974. The van der Waals surface area contributed by atoms with Gasteiger partial charge >= 0.3 is 6.09 Å². The van der Waals surface area contributed by atoms with Gasteiger partial charge in [0.1, 0.15) is 12.2 Å². The third-order valence-corrected chi connectivity index (χ3v) is 9.85. The molecule has 0 heterocycles. The average Bonchev–Trinajstić information content (AvgIpc) is 3.06. The molecule has 1 aliphatic rings. The number of hydrogen-bond donors (Lipinski definition) is 6. The first-order chi connectivity index (χ1) is 22.8. The van der Waals surface area contributed by atoms with Crippen molar-refractivity contribution >= 4 is 6.09 Å². The van der Waals surface area contributed by atoms with Gasteiger partial charge in [0.05, 0.1) is 43.7 Å². The summed E-state index contributed by atoms with van der Waals surface area (Å²) in [5, 5.41) is 53.2. The molecule has 9 heteroatoms. The number of rotatable bonds is 31. The summed E-state index contributed by atoms with van der Waals surface area (Å²) in [5.74, 6) is 0. The maximum atomic E-state index is 12.5. The number of alkyl carbamates (subject to hydrolysis) is 1. The molecule has 0 aliphatic heterocycles. The van der Waals surface area contributed by atoms with Crippen LogP contribution in [0.15, 0.2) is 0 Å². The molecule has 7 atom stereocenters. The summed E-state index contributed by atoms with van der Waals surface area (Å²) in [6, 6.07) is -0.857. The zero-order chi connectivity index (χ0) is 34.5. The van der Waals surface area contributed by atoms with Crippen molar-refractivity contribution < 1.29 is 39.8 Å². The molecule has 0 radical (unpaired) electrons. The summed E-state index contributed by atoms with van der Waals surface area (Å²) in [6.07, 6.45) is 23.4. The van der Waals surface area contributed by atoms with Gasteiger partial charge < -0.3 is 40.3 Å². The monoisotopic (exact) mass is 674 g/mol. The van der Waals surface area contributed by atoms with Crippen LogP contribution < -0.4 is 5.32 Å². The molecule has 0 aromatic heterocycles. The Kier molecular flexibility index (Phi) is 28.0. The summed E-state index contributed by atoms with van der Waals surface area (Å²) >= 11 is 0.